The average Bonchev–Trinajstić information content (AvgIpc) is 2.27. The van der Waals surface area contributed by atoms with Gasteiger partial charge in [-0.1, -0.05) is 22.0 Å². The minimum absolute atomic E-state index is 0.565. The molecule has 17 heavy (non-hydrogen) atoms. The SMILES string of the molecule is Cc1ccc(N2CCCCNC(C)C2)cc1Br. The lowest BCUT2D eigenvalue weighted by Gasteiger charge is -2.31. The second-order valence-corrected chi connectivity index (χ2v) is 5.80. The molecule has 0 bridgehead atoms. The number of aryl methyl sites for hydroxylation is 1. The van der Waals surface area contributed by atoms with Gasteiger partial charge in [0.15, 0.2) is 0 Å². The van der Waals surface area contributed by atoms with E-state index >= 15 is 0 Å². The number of hydrogen-bond acceptors (Lipinski definition) is 2. The van der Waals surface area contributed by atoms with Crippen molar-refractivity contribution < 1.29 is 0 Å². The molecule has 1 aliphatic heterocycles. The van der Waals surface area contributed by atoms with Crippen molar-refractivity contribution in [1.82, 2.24) is 5.32 Å². The van der Waals surface area contributed by atoms with Gasteiger partial charge in [0.2, 0.25) is 0 Å². The van der Waals surface area contributed by atoms with Crippen LogP contribution in [0.4, 0.5) is 5.69 Å². The summed E-state index contributed by atoms with van der Waals surface area (Å²) in [5, 5.41) is 3.56. The molecule has 1 unspecified atom stereocenters. The van der Waals surface area contributed by atoms with Gasteiger partial charge in [-0.2, -0.15) is 0 Å². The highest BCUT2D eigenvalue weighted by Crippen LogP contribution is 2.24. The Labute approximate surface area is 113 Å². The van der Waals surface area contributed by atoms with Crippen molar-refractivity contribution in [2.75, 3.05) is 24.5 Å². The van der Waals surface area contributed by atoms with Crippen LogP contribution in [-0.2, 0) is 0 Å². The first kappa shape index (κ1) is 12.9. The van der Waals surface area contributed by atoms with Crippen molar-refractivity contribution >= 4 is 21.6 Å². The van der Waals surface area contributed by atoms with Gasteiger partial charge in [0.05, 0.1) is 0 Å². The molecule has 0 aliphatic carbocycles. The van der Waals surface area contributed by atoms with E-state index in [4.69, 9.17) is 0 Å². The number of rotatable bonds is 1. The predicted molar refractivity (Wildman–Crippen MR) is 77.8 cm³/mol. The van der Waals surface area contributed by atoms with E-state index in [0.717, 1.165) is 13.1 Å². The van der Waals surface area contributed by atoms with Crippen LogP contribution < -0.4 is 10.2 Å². The van der Waals surface area contributed by atoms with Gasteiger partial charge >= 0.3 is 0 Å². The summed E-state index contributed by atoms with van der Waals surface area (Å²) in [6.45, 7) is 7.82. The molecule has 1 aromatic rings. The second kappa shape index (κ2) is 5.87. The van der Waals surface area contributed by atoms with E-state index in [1.54, 1.807) is 0 Å². The number of benzene rings is 1. The lowest BCUT2D eigenvalue weighted by Crippen LogP contribution is -2.42. The minimum atomic E-state index is 0.565. The van der Waals surface area contributed by atoms with Gasteiger partial charge in [0.1, 0.15) is 0 Å². The highest BCUT2D eigenvalue weighted by Gasteiger charge is 2.13. The van der Waals surface area contributed by atoms with E-state index in [0.29, 0.717) is 6.04 Å². The van der Waals surface area contributed by atoms with Crippen molar-refractivity contribution in [3.63, 3.8) is 0 Å². The molecule has 1 saturated heterocycles. The van der Waals surface area contributed by atoms with Crippen LogP contribution in [0, 0.1) is 6.92 Å². The maximum Gasteiger partial charge on any atom is 0.0378 e. The quantitative estimate of drug-likeness (QED) is 0.855. The van der Waals surface area contributed by atoms with E-state index in [1.807, 2.05) is 0 Å². The van der Waals surface area contributed by atoms with Crippen LogP contribution in [-0.4, -0.2) is 25.7 Å². The van der Waals surface area contributed by atoms with Crippen molar-refractivity contribution in [3.05, 3.63) is 28.2 Å². The first-order valence-corrected chi connectivity index (χ1v) is 7.20. The summed E-state index contributed by atoms with van der Waals surface area (Å²) in [7, 11) is 0. The Kier molecular flexibility index (Phi) is 4.46. The summed E-state index contributed by atoms with van der Waals surface area (Å²) in [5.41, 5.74) is 2.63. The molecule has 0 spiro atoms. The molecule has 1 fully saturated rings. The summed E-state index contributed by atoms with van der Waals surface area (Å²) in [4.78, 5) is 2.49. The summed E-state index contributed by atoms with van der Waals surface area (Å²) in [6.07, 6.45) is 2.54. The van der Waals surface area contributed by atoms with Crippen LogP contribution in [0.25, 0.3) is 0 Å². The van der Waals surface area contributed by atoms with Crippen molar-refractivity contribution in [2.45, 2.75) is 32.7 Å². The number of nitrogens with zero attached hydrogens (tertiary/aromatic N) is 1. The summed E-state index contributed by atoms with van der Waals surface area (Å²) >= 11 is 3.62. The van der Waals surface area contributed by atoms with E-state index in [9.17, 15) is 0 Å². The Bertz CT molecular complexity index is 378. The van der Waals surface area contributed by atoms with Gasteiger partial charge < -0.3 is 10.2 Å². The van der Waals surface area contributed by atoms with Crippen LogP contribution in [0.1, 0.15) is 25.3 Å². The van der Waals surface area contributed by atoms with Crippen LogP contribution in [0.15, 0.2) is 22.7 Å². The molecule has 3 heteroatoms. The molecule has 0 radical (unpaired) electrons. The number of anilines is 1. The number of nitrogens with one attached hydrogen (secondary N) is 1. The molecule has 0 aromatic heterocycles. The third kappa shape index (κ3) is 3.46. The fourth-order valence-electron chi connectivity index (χ4n) is 2.28. The summed E-state index contributed by atoms with van der Waals surface area (Å²) < 4.78 is 1.21. The Morgan fingerprint density at radius 3 is 2.94 bits per heavy atom. The zero-order valence-electron chi connectivity index (χ0n) is 10.7. The zero-order valence-corrected chi connectivity index (χ0v) is 12.3. The second-order valence-electron chi connectivity index (χ2n) is 4.94. The van der Waals surface area contributed by atoms with E-state index < -0.39 is 0 Å². The Morgan fingerprint density at radius 2 is 2.18 bits per heavy atom. The molecule has 2 nitrogen and oxygen atoms in total. The maximum atomic E-state index is 3.62. The average molecular weight is 297 g/mol. The monoisotopic (exact) mass is 296 g/mol. The van der Waals surface area contributed by atoms with Crippen molar-refractivity contribution in [1.29, 1.82) is 0 Å². The highest BCUT2D eigenvalue weighted by molar-refractivity contribution is 9.10. The first-order chi connectivity index (χ1) is 8.16. The van der Waals surface area contributed by atoms with E-state index in [-0.39, 0.29) is 0 Å². The standard InChI is InChI=1S/C14H21BrN2/c1-11-5-6-13(9-14(11)15)17-8-4-3-7-16-12(2)10-17/h5-6,9,12,16H,3-4,7-8,10H2,1-2H3. The first-order valence-electron chi connectivity index (χ1n) is 6.41. The van der Waals surface area contributed by atoms with Crippen molar-refractivity contribution in [3.8, 4) is 0 Å². The molecule has 0 saturated carbocycles. The number of halogens is 1. The molecule has 1 aliphatic rings. The van der Waals surface area contributed by atoms with Crippen LogP contribution in [0.5, 0.6) is 0 Å². The smallest absolute Gasteiger partial charge is 0.0378 e. The Balaban J connectivity index is 2.15. The van der Waals surface area contributed by atoms with Gasteiger partial charge in [0, 0.05) is 29.3 Å². The molecule has 94 valence electrons. The predicted octanol–water partition coefficient (Wildman–Crippen LogP) is 3.34. The highest BCUT2D eigenvalue weighted by atomic mass is 79.9. The van der Waals surface area contributed by atoms with Crippen molar-refractivity contribution in [2.24, 2.45) is 0 Å². The van der Waals surface area contributed by atoms with Gasteiger partial charge in [0.25, 0.3) is 0 Å². The molecule has 0 amide bonds. The molecule has 1 aromatic carbocycles. The third-order valence-electron chi connectivity index (χ3n) is 3.36. The van der Waals surface area contributed by atoms with Crippen LogP contribution in [0.3, 0.4) is 0 Å². The topological polar surface area (TPSA) is 15.3 Å². The third-order valence-corrected chi connectivity index (χ3v) is 4.22. The molecule has 1 heterocycles. The lowest BCUT2D eigenvalue weighted by atomic mass is 10.1. The molecule has 1 atom stereocenters. The van der Waals surface area contributed by atoms with Gasteiger partial charge in [-0.05, 0) is 50.9 Å². The zero-order chi connectivity index (χ0) is 12.3. The van der Waals surface area contributed by atoms with E-state index in [1.165, 1.54) is 35.1 Å². The Morgan fingerprint density at radius 1 is 1.35 bits per heavy atom. The largest absolute Gasteiger partial charge is 0.370 e. The number of hydrogen-bond donors (Lipinski definition) is 1. The van der Waals surface area contributed by atoms with Crippen LogP contribution >= 0.6 is 15.9 Å². The van der Waals surface area contributed by atoms with Gasteiger partial charge in [-0.25, -0.2) is 0 Å². The van der Waals surface area contributed by atoms with Gasteiger partial charge in [-0.3, -0.25) is 0 Å². The lowest BCUT2D eigenvalue weighted by molar-refractivity contribution is 0.485. The normalized spacial score (nSPS) is 22.1. The van der Waals surface area contributed by atoms with E-state index in [2.05, 4.69) is 58.2 Å². The summed E-state index contributed by atoms with van der Waals surface area (Å²) in [5.74, 6) is 0. The molecule has 2 rings (SSSR count). The molecule has 1 N–H and O–H groups in total. The fourth-order valence-corrected chi connectivity index (χ4v) is 2.64. The minimum Gasteiger partial charge on any atom is -0.370 e. The molecular weight excluding hydrogens is 276 g/mol. The van der Waals surface area contributed by atoms with Crippen LogP contribution in [0.2, 0.25) is 0 Å². The summed E-state index contributed by atoms with van der Waals surface area (Å²) in [6, 6.07) is 7.23. The molecular formula is C14H21BrN2. The Hall–Kier alpha value is -0.540. The van der Waals surface area contributed by atoms with Gasteiger partial charge in [-0.15, -0.1) is 0 Å². The maximum absolute atomic E-state index is 3.62. The fraction of sp³-hybridized carbons (Fsp3) is 0.571.